The molecule has 1 atom stereocenters. The first-order chi connectivity index (χ1) is 6.60. The van der Waals surface area contributed by atoms with E-state index in [9.17, 15) is 5.11 Å². The van der Waals surface area contributed by atoms with Gasteiger partial charge in [-0.05, 0) is 42.4 Å². The van der Waals surface area contributed by atoms with Crippen molar-refractivity contribution in [1.29, 1.82) is 0 Å². The number of β-amino-alcohol motifs (C(OH)–C–C–N with tert-alkyl or cyclic N) is 1. The number of hydrogen-bond acceptors (Lipinski definition) is 4. The van der Waals surface area contributed by atoms with Crippen LogP contribution in [0.5, 0.6) is 0 Å². The van der Waals surface area contributed by atoms with E-state index in [1.54, 1.807) is 0 Å². The Bertz CT molecular complexity index is 330. The fourth-order valence-corrected chi connectivity index (χ4v) is 3.26. The molecule has 0 radical (unpaired) electrons. The van der Waals surface area contributed by atoms with Crippen molar-refractivity contribution < 1.29 is 5.11 Å². The third-order valence-electron chi connectivity index (χ3n) is 2.54. The van der Waals surface area contributed by atoms with Gasteiger partial charge in [0.05, 0.1) is 0 Å². The summed E-state index contributed by atoms with van der Waals surface area (Å²) in [4.78, 5) is 6.45. The molecule has 0 saturated carbocycles. The zero-order valence-electron chi connectivity index (χ0n) is 8.03. The summed E-state index contributed by atoms with van der Waals surface area (Å²) in [6.45, 7) is 1.75. The maximum Gasteiger partial charge on any atom is 0.129 e. The quantitative estimate of drug-likeness (QED) is 0.850. The molecule has 1 saturated heterocycles. The van der Waals surface area contributed by atoms with E-state index < -0.39 is 5.60 Å². The number of piperidine rings is 1. The first kappa shape index (κ1) is 10.5. The molecule has 0 aliphatic carbocycles. The molecule has 0 aromatic carbocycles. The summed E-state index contributed by atoms with van der Waals surface area (Å²) >= 11 is 4.83. The lowest BCUT2D eigenvalue weighted by Crippen LogP contribution is -2.44. The van der Waals surface area contributed by atoms with E-state index in [0.29, 0.717) is 6.54 Å². The number of aromatic nitrogens is 1. The van der Waals surface area contributed by atoms with E-state index in [4.69, 9.17) is 0 Å². The molecule has 0 bridgehead atoms. The van der Waals surface area contributed by atoms with Crippen molar-refractivity contribution in [2.45, 2.75) is 18.4 Å². The van der Waals surface area contributed by atoms with Crippen molar-refractivity contribution in [2.75, 3.05) is 20.1 Å². The SMILES string of the molecule is CN1CCCC(O)(c2nc(Br)cs2)C1. The molecule has 5 heteroatoms. The summed E-state index contributed by atoms with van der Waals surface area (Å²) in [5.41, 5.74) is -0.732. The fourth-order valence-electron chi connectivity index (χ4n) is 1.89. The van der Waals surface area contributed by atoms with Gasteiger partial charge in [-0.15, -0.1) is 11.3 Å². The average Bonchev–Trinajstić information content (AvgIpc) is 2.52. The summed E-state index contributed by atoms with van der Waals surface area (Å²) in [6.07, 6.45) is 1.85. The minimum atomic E-state index is -0.732. The lowest BCUT2D eigenvalue weighted by molar-refractivity contribution is -0.0279. The standard InChI is InChI=1S/C9H13BrN2OS/c1-12-4-2-3-9(13,6-12)8-11-7(10)5-14-8/h5,13H,2-4,6H2,1H3. The minimum Gasteiger partial charge on any atom is -0.381 e. The molecule has 2 rings (SSSR count). The van der Waals surface area contributed by atoms with Crippen LogP contribution >= 0.6 is 27.3 Å². The highest BCUT2D eigenvalue weighted by Crippen LogP contribution is 2.33. The Morgan fingerprint density at radius 3 is 3.07 bits per heavy atom. The second-order valence-corrected chi connectivity index (χ2v) is 5.52. The van der Waals surface area contributed by atoms with Gasteiger partial charge in [0.2, 0.25) is 0 Å². The number of likely N-dealkylation sites (tertiary alicyclic amines) is 1. The highest BCUT2D eigenvalue weighted by Gasteiger charge is 2.36. The molecule has 1 unspecified atom stereocenters. The van der Waals surface area contributed by atoms with Gasteiger partial charge in [-0.1, -0.05) is 0 Å². The highest BCUT2D eigenvalue weighted by molar-refractivity contribution is 9.10. The monoisotopic (exact) mass is 276 g/mol. The second kappa shape index (κ2) is 3.89. The fraction of sp³-hybridized carbons (Fsp3) is 0.667. The van der Waals surface area contributed by atoms with E-state index in [1.807, 2.05) is 12.4 Å². The van der Waals surface area contributed by atoms with Crippen molar-refractivity contribution in [2.24, 2.45) is 0 Å². The van der Waals surface area contributed by atoms with E-state index in [2.05, 4.69) is 25.8 Å². The average molecular weight is 277 g/mol. The number of likely N-dealkylation sites (N-methyl/N-ethyl adjacent to an activating group) is 1. The van der Waals surface area contributed by atoms with Gasteiger partial charge in [0, 0.05) is 11.9 Å². The largest absolute Gasteiger partial charge is 0.381 e. The van der Waals surface area contributed by atoms with Crippen LogP contribution in [0.2, 0.25) is 0 Å². The zero-order chi connectivity index (χ0) is 10.2. The van der Waals surface area contributed by atoms with Crippen LogP contribution in [0.3, 0.4) is 0 Å². The summed E-state index contributed by atoms with van der Waals surface area (Å²) in [5.74, 6) is 0. The summed E-state index contributed by atoms with van der Waals surface area (Å²) in [6, 6.07) is 0. The molecular formula is C9H13BrN2OS. The van der Waals surface area contributed by atoms with Crippen LogP contribution in [0.1, 0.15) is 17.8 Å². The topological polar surface area (TPSA) is 36.4 Å². The molecule has 0 spiro atoms. The van der Waals surface area contributed by atoms with E-state index in [1.165, 1.54) is 11.3 Å². The number of halogens is 1. The van der Waals surface area contributed by atoms with Crippen LogP contribution in [-0.2, 0) is 5.60 Å². The molecule has 2 heterocycles. The van der Waals surface area contributed by atoms with Crippen LogP contribution in [0.15, 0.2) is 9.98 Å². The minimum absolute atomic E-state index is 0.687. The van der Waals surface area contributed by atoms with Crippen LogP contribution in [0, 0.1) is 0 Å². The summed E-state index contributed by atoms with van der Waals surface area (Å²) in [5, 5.41) is 13.2. The number of thiazole rings is 1. The molecule has 14 heavy (non-hydrogen) atoms. The van der Waals surface area contributed by atoms with E-state index in [-0.39, 0.29) is 0 Å². The normalized spacial score (nSPS) is 29.4. The van der Waals surface area contributed by atoms with Gasteiger partial charge in [0.1, 0.15) is 15.2 Å². The third kappa shape index (κ3) is 2.00. The van der Waals surface area contributed by atoms with Crippen LogP contribution in [0.25, 0.3) is 0 Å². The summed E-state index contributed by atoms with van der Waals surface area (Å²) < 4.78 is 0.819. The van der Waals surface area contributed by atoms with Gasteiger partial charge < -0.3 is 10.0 Å². The van der Waals surface area contributed by atoms with Gasteiger partial charge in [0.15, 0.2) is 0 Å². The van der Waals surface area contributed by atoms with Crippen LogP contribution in [-0.4, -0.2) is 35.1 Å². The molecule has 1 aliphatic rings. The molecule has 1 fully saturated rings. The molecule has 1 N–H and O–H groups in total. The van der Waals surface area contributed by atoms with Gasteiger partial charge >= 0.3 is 0 Å². The molecule has 1 aliphatic heterocycles. The lowest BCUT2D eigenvalue weighted by atomic mass is 9.94. The maximum atomic E-state index is 10.4. The Morgan fingerprint density at radius 1 is 1.71 bits per heavy atom. The number of nitrogens with zero attached hydrogens (tertiary/aromatic N) is 2. The van der Waals surface area contributed by atoms with Crippen molar-refractivity contribution in [3.05, 3.63) is 15.0 Å². The molecule has 0 amide bonds. The summed E-state index contributed by atoms with van der Waals surface area (Å²) in [7, 11) is 2.03. The Balaban J connectivity index is 2.22. The highest BCUT2D eigenvalue weighted by atomic mass is 79.9. The van der Waals surface area contributed by atoms with Gasteiger partial charge in [-0.25, -0.2) is 4.98 Å². The smallest absolute Gasteiger partial charge is 0.129 e. The van der Waals surface area contributed by atoms with E-state index in [0.717, 1.165) is 29.0 Å². The van der Waals surface area contributed by atoms with E-state index >= 15 is 0 Å². The predicted octanol–water partition coefficient (Wildman–Crippen LogP) is 1.82. The number of aliphatic hydroxyl groups is 1. The van der Waals surface area contributed by atoms with Crippen molar-refractivity contribution in [1.82, 2.24) is 9.88 Å². The molecule has 1 aromatic heterocycles. The number of hydrogen-bond donors (Lipinski definition) is 1. The van der Waals surface area contributed by atoms with Crippen molar-refractivity contribution in [3.63, 3.8) is 0 Å². The lowest BCUT2D eigenvalue weighted by Gasteiger charge is -2.35. The van der Waals surface area contributed by atoms with Crippen LogP contribution in [0.4, 0.5) is 0 Å². The maximum absolute atomic E-state index is 10.4. The molecule has 3 nitrogen and oxygen atoms in total. The molecular weight excluding hydrogens is 264 g/mol. The van der Waals surface area contributed by atoms with Crippen molar-refractivity contribution in [3.8, 4) is 0 Å². The Labute approximate surface area is 95.9 Å². The predicted molar refractivity (Wildman–Crippen MR) is 60.4 cm³/mol. The Hall–Kier alpha value is 0.0300. The van der Waals surface area contributed by atoms with Gasteiger partial charge in [-0.3, -0.25) is 0 Å². The first-order valence-corrected chi connectivity index (χ1v) is 6.30. The Kier molecular flexibility index (Phi) is 2.93. The zero-order valence-corrected chi connectivity index (χ0v) is 10.4. The Morgan fingerprint density at radius 2 is 2.50 bits per heavy atom. The first-order valence-electron chi connectivity index (χ1n) is 4.63. The molecule has 1 aromatic rings. The van der Waals surface area contributed by atoms with Crippen LogP contribution < -0.4 is 0 Å². The molecule has 78 valence electrons. The van der Waals surface area contributed by atoms with Crippen molar-refractivity contribution >= 4 is 27.3 Å². The number of rotatable bonds is 1. The van der Waals surface area contributed by atoms with Gasteiger partial charge in [0.25, 0.3) is 0 Å². The van der Waals surface area contributed by atoms with Gasteiger partial charge in [-0.2, -0.15) is 0 Å². The third-order valence-corrected chi connectivity index (χ3v) is 4.28. The second-order valence-electron chi connectivity index (χ2n) is 3.85.